The van der Waals surface area contributed by atoms with Gasteiger partial charge in [-0.15, -0.1) is 0 Å². The van der Waals surface area contributed by atoms with Crippen molar-refractivity contribution in [1.82, 2.24) is 0 Å². The molecule has 0 saturated carbocycles. The number of hydrogen-bond acceptors (Lipinski definition) is 3. The lowest BCUT2D eigenvalue weighted by Gasteiger charge is -2.12. The van der Waals surface area contributed by atoms with E-state index in [0.29, 0.717) is 11.8 Å². The molecule has 2 rings (SSSR count). The van der Waals surface area contributed by atoms with Gasteiger partial charge in [-0.05, 0) is 31.4 Å². The number of nitrogen functional groups attached to an aromatic ring is 1. The van der Waals surface area contributed by atoms with E-state index in [1.807, 2.05) is 0 Å². The van der Waals surface area contributed by atoms with Crippen LogP contribution in [-0.2, 0) is 4.74 Å². The fourth-order valence-corrected chi connectivity index (χ4v) is 1.93. The Hall–Kier alpha value is -1.29. The number of benzene rings is 1. The molecule has 0 spiro atoms. The minimum atomic E-state index is -0.373. The van der Waals surface area contributed by atoms with E-state index in [1.165, 1.54) is 6.07 Å². The highest BCUT2D eigenvalue weighted by molar-refractivity contribution is 5.66. The summed E-state index contributed by atoms with van der Waals surface area (Å²) in [7, 11) is 0. The highest BCUT2D eigenvalue weighted by atomic mass is 19.1. The lowest BCUT2D eigenvalue weighted by molar-refractivity contribution is 0.107. The smallest absolute Gasteiger partial charge is 0.148 e. The lowest BCUT2D eigenvalue weighted by atomic mass is 10.2. The normalized spacial score (nSPS) is 19.9. The van der Waals surface area contributed by atoms with E-state index in [2.05, 4.69) is 5.32 Å². The Kier molecular flexibility index (Phi) is 3.62. The molecule has 1 aliphatic rings. The fourth-order valence-electron chi connectivity index (χ4n) is 1.93. The van der Waals surface area contributed by atoms with Gasteiger partial charge >= 0.3 is 0 Å². The Balaban J connectivity index is 1.82. The molecule has 0 aliphatic carbocycles. The summed E-state index contributed by atoms with van der Waals surface area (Å²) in [6, 6.07) is 4.80. The van der Waals surface area contributed by atoms with Gasteiger partial charge in [0.15, 0.2) is 0 Å². The molecule has 1 atom stereocenters. The molecule has 1 aliphatic heterocycles. The van der Waals surface area contributed by atoms with Gasteiger partial charge in [0.2, 0.25) is 0 Å². The first-order valence-electron chi connectivity index (χ1n) is 5.67. The monoisotopic (exact) mass is 224 g/mol. The zero-order valence-corrected chi connectivity index (χ0v) is 9.21. The fraction of sp³-hybridized carbons (Fsp3) is 0.500. The number of hydrogen-bond donors (Lipinski definition) is 2. The van der Waals surface area contributed by atoms with Gasteiger partial charge < -0.3 is 15.8 Å². The van der Waals surface area contributed by atoms with Crippen LogP contribution in [0, 0.1) is 5.82 Å². The molecule has 1 fully saturated rings. The Morgan fingerprint density at radius 3 is 3.12 bits per heavy atom. The largest absolute Gasteiger partial charge is 0.395 e. The van der Waals surface area contributed by atoms with Crippen LogP contribution in [0.4, 0.5) is 15.8 Å². The number of nitrogens with one attached hydrogen (secondary N) is 1. The van der Waals surface area contributed by atoms with Gasteiger partial charge in [-0.3, -0.25) is 0 Å². The SMILES string of the molecule is Nc1c(F)cccc1NCCC1CCCO1. The van der Waals surface area contributed by atoms with E-state index in [1.54, 1.807) is 12.1 Å². The van der Waals surface area contributed by atoms with Crippen LogP contribution in [0.15, 0.2) is 18.2 Å². The summed E-state index contributed by atoms with van der Waals surface area (Å²) >= 11 is 0. The van der Waals surface area contributed by atoms with Gasteiger partial charge in [0.25, 0.3) is 0 Å². The summed E-state index contributed by atoms with van der Waals surface area (Å²) in [5, 5.41) is 3.14. The number of halogens is 1. The molecule has 0 radical (unpaired) electrons. The molecule has 0 bridgehead atoms. The number of nitrogens with two attached hydrogens (primary N) is 1. The van der Waals surface area contributed by atoms with E-state index in [9.17, 15) is 4.39 Å². The van der Waals surface area contributed by atoms with Crippen LogP contribution in [0.2, 0.25) is 0 Å². The average molecular weight is 224 g/mol. The molecule has 1 aromatic rings. The van der Waals surface area contributed by atoms with Gasteiger partial charge in [-0.1, -0.05) is 6.07 Å². The van der Waals surface area contributed by atoms with Crippen LogP contribution >= 0.6 is 0 Å². The highest BCUT2D eigenvalue weighted by Crippen LogP contribution is 2.22. The standard InChI is InChI=1S/C12H17FN2O/c13-10-4-1-5-11(12(10)14)15-7-6-9-3-2-8-16-9/h1,4-5,9,15H,2-3,6-8,14H2. The minimum absolute atomic E-state index is 0.190. The van der Waals surface area contributed by atoms with Crippen molar-refractivity contribution < 1.29 is 9.13 Å². The number of anilines is 2. The first kappa shape index (κ1) is 11.2. The molecule has 1 aromatic carbocycles. The quantitative estimate of drug-likeness (QED) is 0.772. The first-order chi connectivity index (χ1) is 7.77. The topological polar surface area (TPSA) is 47.3 Å². The molecule has 1 saturated heterocycles. The van der Waals surface area contributed by atoms with E-state index in [4.69, 9.17) is 10.5 Å². The number of para-hydroxylation sites is 1. The third-order valence-corrected chi connectivity index (χ3v) is 2.86. The van der Waals surface area contributed by atoms with Crippen molar-refractivity contribution in [3.05, 3.63) is 24.0 Å². The van der Waals surface area contributed by atoms with E-state index < -0.39 is 0 Å². The van der Waals surface area contributed by atoms with Crippen LogP contribution in [-0.4, -0.2) is 19.3 Å². The molecule has 16 heavy (non-hydrogen) atoms. The molecule has 0 aromatic heterocycles. The van der Waals surface area contributed by atoms with Crippen LogP contribution in [0.25, 0.3) is 0 Å². The zero-order chi connectivity index (χ0) is 11.4. The molecule has 4 heteroatoms. The second-order valence-corrected chi connectivity index (χ2v) is 4.05. The minimum Gasteiger partial charge on any atom is -0.395 e. The Morgan fingerprint density at radius 2 is 2.38 bits per heavy atom. The highest BCUT2D eigenvalue weighted by Gasteiger charge is 2.14. The summed E-state index contributed by atoms with van der Waals surface area (Å²) < 4.78 is 18.6. The first-order valence-corrected chi connectivity index (χ1v) is 5.67. The second-order valence-electron chi connectivity index (χ2n) is 4.05. The van der Waals surface area contributed by atoms with E-state index in [0.717, 1.165) is 32.4 Å². The molecule has 3 nitrogen and oxygen atoms in total. The third kappa shape index (κ3) is 2.64. The maximum atomic E-state index is 13.1. The maximum absolute atomic E-state index is 13.1. The van der Waals surface area contributed by atoms with Crippen molar-refractivity contribution in [2.45, 2.75) is 25.4 Å². The zero-order valence-electron chi connectivity index (χ0n) is 9.21. The summed E-state index contributed by atoms with van der Waals surface area (Å²) in [5.41, 5.74) is 6.46. The van der Waals surface area contributed by atoms with Crippen LogP contribution < -0.4 is 11.1 Å². The van der Waals surface area contributed by atoms with Gasteiger partial charge in [0.1, 0.15) is 5.82 Å². The number of rotatable bonds is 4. The number of ether oxygens (including phenoxy) is 1. The average Bonchev–Trinajstić information content (AvgIpc) is 2.77. The van der Waals surface area contributed by atoms with Gasteiger partial charge in [-0.2, -0.15) is 0 Å². The molecule has 1 unspecified atom stereocenters. The van der Waals surface area contributed by atoms with E-state index >= 15 is 0 Å². The Labute approximate surface area is 94.8 Å². The summed E-state index contributed by atoms with van der Waals surface area (Å²) in [6.45, 7) is 1.63. The predicted molar refractivity (Wildman–Crippen MR) is 62.9 cm³/mol. The van der Waals surface area contributed by atoms with Crippen molar-refractivity contribution in [3.63, 3.8) is 0 Å². The van der Waals surface area contributed by atoms with E-state index in [-0.39, 0.29) is 11.5 Å². The second kappa shape index (κ2) is 5.16. The summed E-state index contributed by atoms with van der Waals surface area (Å²) in [4.78, 5) is 0. The van der Waals surface area contributed by atoms with Crippen molar-refractivity contribution in [1.29, 1.82) is 0 Å². The Morgan fingerprint density at radius 1 is 1.50 bits per heavy atom. The molecule has 88 valence electrons. The van der Waals surface area contributed by atoms with Crippen LogP contribution in [0.3, 0.4) is 0 Å². The van der Waals surface area contributed by atoms with Crippen molar-refractivity contribution in [2.75, 3.05) is 24.2 Å². The molecular formula is C12H17FN2O. The maximum Gasteiger partial charge on any atom is 0.148 e. The van der Waals surface area contributed by atoms with Crippen LogP contribution in [0.5, 0.6) is 0 Å². The third-order valence-electron chi connectivity index (χ3n) is 2.86. The Bertz CT molecular complexity index is 351. The molecule has 0 amide bonds. The van der Waals surface area contributed by atoms with Crippen molar-refractivity contribution in [3.8, 4) is 0 Å². The van der Waals surface area contributed by atoms with Crippen molar-refractivity contribution >= 4 is 11.4 Å². The predicted octanol–water partition coefficient (Wildman–Crippen LogP) is 2.39. The lowest BCUT2D eigenvalue weighted by Crippen LogP contribution is -2.13. The molecule has 3 N–H and O–H groups in total. The van der Waals surface area contributed by atoms with Gasteiger partial charge in [0.05, 0.1) is 17.5 Å². The molecule has 1 heterocycles. The summed E-state index contributed by atoms with van der Waals surface area (Å²) in [6.07, 6.45) is 3.56. The van der Waals surface area contributed by atoms with Crippen molar-refractivity contribution in [2.24, 2.45) is 0 Å². The van der Waals surface area contributed by atoms with Gasteiger partial charge in [0, 0.05) is 13.2 Å². The van der Waals surface area contributed by atoms with Crippen LogP contribution in [0.1, 0.15) is 19.3 Å². The molecular weight excluding hydrogens is 207 g/mol. The summed E-state index contributed by atoms with van der Waals surface area (Å²) in [5.74, 6) is -0.373. The van der Waals surface area contributed by atoms with Gasteiger partial charge in [-0.25, -0.2) is 4.39 Å².